The quantitative estimate of drug-likeness (QED) is 0.636. The highest BCUT2D eigenvalue weighted by Crippen LogP contribution is 2.31. The third kappa shape index (κ3) is 2.91. The summed E-state index contributed by atoms with van der Waals surface area (Å²) in [6.07, 6.45) is 0. The van der Waals surface area contributed by atoms with Crippen molar-refractivity contribution in [1.29, 1.82) is 0 Å². The number of para-hydroxylation sites is 1. The van der Waals surface area contributed by atoms with Gasteiger partial charge in [-0.1, -0.05) is 70.5 Å². The molecule has 3 aromatic rings. The second kappa shape index (κ2) is 5.93. The molecule has 98 valence electrons. The van der Waals surface area contributed by atoms with Gasteiger partial charge in [-0.25, -0.2) is 0 Å². The third-order valence-corrected chi connectivity index (χ3v) is 3.77. The number of nitrogens with one attached hydrogen (secondary N) is 1. The molecule has 0 bridgehead atoms. The second-order valence-corrected chi connectivity index (χ2v) is 5.41. The summed E-state index contributed by atoms with van der Waals surface area (Å²) in [6, 6.07) is 26.9. The van der Waals surface area contributed by atoms with Gasteiger partial charge in [-0.15, -0.1) is 0 Å². The molecular formula is C18H14BrN. The largest absolute Gasteiger partial charge is 0.355 e. The van der Waals surface area contributed by atoms with E-state index in [2.05, 4.69) is 75.8 Å². The molecule has 0 aliphatic rings. The molecule has 0 fully saturated rings. The summed E-state index contributed by atoms with van der Waals surface area (Å²) in [5, 5.41) is 3.39. The van der Waals surface area contributed by atoms with Crippen LogP contribution in [0.25, 0.3) is 11.1 Å². The standard InChI is InChI=1S/C18H14BrN/c19-18-13-16(20-15-9-5-2-6-10-15)11-12-17(18)14-7-3-1-4-8-14/h1-13,20H. The molecule has 0 aliphatic heterocycles. The van der Waals surface area contributed by atoms with Crippen LogP contribution in [-0.4, -0.2) is 0 Å². The molecule has 0 heterocycles. The highest BCUT2D eigenvalue weighted by molar-refractivity contribution is 9.10. The van der Waals surface area contributed by atoms with Gasteiger partial charge in [0.15, 0.2) is 0 Å². The number of rotatable bonds is 3. The maximum absolute atomic E-state index is 3.66. The van der Waals surface area contributed by atoms with E-state index >= 15 is 0 Å². The maximum Gasteiger partial charge on any atom is 0.0395 e. The molecule has 0 atom stereocenters. The first-order valence-corrected chi connectivity index (χ1v) is 7.29. The minimum Gasteiger partial charge on any atom is -0.355 e. The average molecular weight is 324 g/mol. The fourth-order valence-corrected chi connectivity index (χ4v) is 2.74. The van der Waals surface area contributed by atoms with Crippen LogP contribution in [0.5, 0.6) is 0 Å². The molecule has 1 N–H and O–H groups in total. The highest BCUT2D eigenvalue weighted by atomic mass is 79.9. The summed E-state index contributed by atoms with van der Waals surface area (Å²) < 4.78 is 1.09. The van der Waals surface area contributed by atoms with Crippen LogP contribution in [-0.2, 0) is 0 Å². The van der Waals surface area contributed by atoms with E-state index in [1.165, 1.54) is 11.1 Å². The van der Waals surface area contributed by atoms with E-state index in [1.807, 2.05) is 24.3 Å². The minimum absolute atomic E-state index is 1.07. The monoisotopic (exact) mass is 323 g/mol. The van der Waals surface area contributed by atoms with Crippen molar-refractivity contribution >= 4 is 27.3 Å². The lowest BCUT2D eigenvalue weighted by atomic mass is 10.1. The van der Waals surface area contributed by atoms with Crippen LogP contribution in [0.1, 0.15) is 0 Å². The fourth-order valence-electron chi connectivity index (χ4n) is 2.13. The predicted molar refractivity (Wildman–Crippen MR) is 89.3 cm³/mol. The highest BCUT2D eigenvalue weighted by Gasteiger charge is 2.04. The zero-order valence-electron chi connectivity index (χ0n) is 10.9. The Morgan fingerprint density at radius 1 is 0.650 bits per heavy atom. The van der Waals surface area contributed by atoms with E-state index in [-0.39, 0.29) is 0 Å². The number of hydrogen-bond acceptors (Lipinski definition) is 1. The van der Waals surface area contributed by atoms with Crippen molar-refractivity contribution < 1.29 is 0 Å². The van der Waals surface area contributed by atoms with Gasteiger partial charge in [-0.2, -0.15) is 0 Å². The average Bonchev–Trinajstić information content (AvgIpc) is 2.49. The molecule has 1 nitrogen and oxygen atoms in total. The van der Waals surface area contributed by atoms with Crippen LogP contribution in [0.3, 0.4) is 0 Å². The molecule has 0 radical (unpaired) electrons. The van der Waals surface area contributed by atoms with Gasteiger partial charge in [0.1, 0.15) is 0 Å². The number of hydrogen-bond donors (Lipinski definition) is 1. The Morgan fingerprint density at radius 2 is 1.30 bits per heavy atom. The van der Waals surface area contributed by atoms with Crippen molar-refractivity contribution in [1.82, 2.24) is 0 Å². The Morgan fingerprint density at radius 3 is 1.95 bits per heavy atom. The predicted octanol–water partition coefficient (Wildman–Crippen LogP) is 5.86. The molecule has 0 aromatic heterocycles. The Bertz CT molecular complexity index is 693. The van der Waals surface area contributed by atoms with E-state index in [1.54, 1.807) is 0 Å². The Balaban J connectivity index is 1.88. The lowest BCUT2D eigenvalue weighted by Gasteiger charge is -2.10. The van der Waals surface area contributed by atoms with E-state index in [0.717, 1.165) is 15.8 Å². The van der Waals surface area contributed by atoms with Gasteiger partial charge in [0.05, 0.1) is 0 Å². The first-order valence-electron chi connectivity index (χ1n) is 6.50. The molecular weight excluding hydrogens is 310 g/mol. The van der Waals surface area contributed by atoms with Crippen LogP contribution in [0, 0.1) is 0 Å². The zero-order chi connectivity index (χ0) is 13.8. The summed E-state index contributed by atoms with van der Waals surface area (Å²) in [7, 11) is 0. The number of benzene rings is 3. The van der Waals surface area contributed by atoms with Gasteiger partial charge in [0.25, 0.3) is 0 Å². The Labute approximate surface area is 127 Å². The van der Waals surface area contributed by atoms with Gasteiger partial charge >= 0.3 is 0 Å². The van der Waals surface area contributed by atoms with Gasteiger partial charge < -0.3 is 5.32 Å². The van der Waals surface area contributed by atoms with Gasteiger partial charge in [0, 0.05) is 15.8 Å². The SMILES string of the molecule is Brc1cc(Nc2ccccc2)ccc1-c1ccccc1. The van der Waals surface area contributed by atoms with E-state index < -0.39 is 0 Å². The normalized spacial score (nSPS) is 10.2. The topological polar surface area (TPSA) is 12.0 Å². The van der Waals surface area contributed by atoms with Crippen LogP contribution in [0.2, 0.25) is 0 Å². The molecule has 2 heteroatoms. The molecule has 0 saturated carbocycles. The van der Waals surface area contributed by atoms with Gasteiger partial charge in [-0.3, -0.25) is 0 Å². The van der Waals surface area contributed by atoms with E-state index in [0.29, 0.717) is 0 Å². The van der Waals surface area contributed by atoms with Crippen LogP contribution in [0.4, 0.5) is 11.4 Å². The summed E-state index contributed by atoms with van der Waals surface area (Å²) >= 11 is 3.66. The molecule has 3 aromatic carbocycles. The number of anilines is 2. The lowest BCUT2D eigenvalue weighted by Crippen LogP contribution is -1.90. The smallest absolute Gasteiger partial charge is 0.0395 e. The zero-order valence-corrected chi connectivity index (χ0v) is 12.5. The summed E-state index contributed by atoms with van der Waals surface area (Å²) in [5.41, 5.74) is 4.57. The van der Waals surface area contributed by atoms with Crippen molar-refractivity contribution in [2.24, 2.45) is 0 Å². The fraction of sp³-hybridized carbons (Fsp3) is 0. The second-order valence-electron chi connectivity index (χ2n) is 4.55. The Hall–Kier alpha value is -2.06. The molecule has 0 amide bonds. The minimum atomic E-state index is 1.07. The summed E-state index contributed by atoms with van der Waals surface area (Å²) in [6.45, 7) is 0. The van der Waals surface area contributed by atoms with Crippen LogP contribution >= 0.6 is 15.9 Å². The molecule has 0 spiro atoms. The summed E-state index contributed by atoms with van der Waals surface area (Å²) in [5.74, 6) is 0. The van der Waals surface area contributed by atoms with Crippen molar-refractivity contribution in [3.63, 3.8) is 0 Å². The molecule has 0 unspecified atom stereocenters. The molecule has 3 rings (SSSR count). The first-order chi connectivity index (χ1) is 9.83. The van der Waals surface area contributed by atoms with Crippen molar-refractivity contribution in [3.8, 4) is 11.1 Å². The van der Waals surface area contributed by atoms with E-state index in [4.69, 9.17) is 0 Å². The van der Waals surface area contributed by atoms with Crippen molar-refractivity contribution in [2.45, 2.75) is 0 Å². The molecule has 0 aliphatic carbocycles. The third-order valence-electron chi connectivity index (χ3n) is 3.12. The Kier molecular flexibility index (Phi) is 3.84. The lowest BCUT2D eigenvalue weighted by molar-refractivity contribution is 1.52. The summed E-state index contributed by atoms with van der Waals surface area (Å²) in [4.78, 5) is 0. The molecule has 20 heavy (non-hydrogen) atoms. The van der Waals surface area contributed by atoms with Crippen LogP contribution in [0.15, 0.2) is 83.3 Å². The van der Waals surface area contributed by atoms with Crippen molar-refractivity contribution in [2.75, 3.05) is 5.32 Å². The maximum atomic E-state index is 3.66. The van der Waals surface area contributed by atoms with Crippen LogP contribution < -0.4 is 5.32 Å². The molecule has 0 saturated heterocycles. The number of halogens is 1. The van der Waals surface area contributed by atoms with E-state index in [9.17, 15) is 0 Å². The van der Waals surface area contributed by atoms with Gasteiger partial charge in [0.2, 0.25) is 0 Å². The van der Waals surface area contributed by atoms with Gasteiger partial charge in [-0.05, 0) is 35.4 Å². The van der Waals surface area contributed by atoms with Crippen molar-refractivity contribution in [3.05, 3.63) is 83.3 Å². The first kappa shape index (κ1) is 12.9.